The summed E-state index contributed by atoms with van der Waals surface area (Å²) in [5.74, 6) is -0.367. The number of hydrogen-bond acceptors (Lipinski definition) is 5. The van der Waals surface area contributed by atoms with Crippen LogP contribution in [-0.4, -0.2) is 34.5 Å². The monoisotopic (exact) mass is 338 g/mol. The van der Waals surface area contributed by atoms with E-state index in [4.69, 9.17) is 17.0 Å². The Morgan fingerprint density at radius 3 is 3.05 bits per heavy atom. The van der Waals surface area contributed by atoms with E-state index in [1.165, 1.54) is 18.4 Å². The number of carbonyl (C=O) groups excluding carboxylic acids is 1. The summed E-state index contributed by atoms with van der Waals surface area (Å²) in [7, 11) is 1.37. The maximum Gasteiger partial charge on any atom is 0.340 e. The minimum absolute atomic E-state index is 0.367. The lowest BCUT2D eigenvalue weighted by atomic mass is 10.3. The summed E-state index contributed by atoms with van der Waals surface area (Å²) >= 11 is 6.72. The third kappa shape index (κ3) is 4.54. The van der Waals surface area contributed by atoms with E-state index in [1.807, 2.05) is 23.9 Å². The summed E-state index contributed by atoms with van der Waals surface area (Å²) in [6.45, 7) is 3.49. The van der Waals surface area contributed by atoms with Crippen molar-refractivity contribution < 1.29 is 9.53 Å². The zero-order valence-electron chi connectivity index (χ0n) is 12.5. The first-order valence-corrected chi connectivity index (χ1v) is 8.03. The molecule has 0 aliphatic heterocycles. The molecule has 0 unspecified atom stereocenters. The van der Waals surface area contributed by atoms with Crippen LogP contribution < -0.4 is 10.6 Å². The molecule has 0 aliphatic rings. The van der Waals surface area contributed by atoms with E-state index in [0.717, 1.165) is 24.4 Å². The number of carbonyl (C=O) groups is 1. The van der Waals surface area contributed by atoms with Gasteiger partial charge in [-0.15, -0.1) is 11.3 Å². The van der Waals surface area contributed by atoms with Gasteiger partial charge in [-0.05, 0) is 37.7 Å². The van der Waals surface area contributed by atoms with Crippen LogP contribution in [0.3, 0.4) is 0 Å². The van der Waals surface area contributed by atoms with Crippen molar-refractivity contribution in [3.8, 4) is 0 Å². The molecule has 118 valence electrons. The van der Waals surface area contributed by atoms with Gasteiger partial charge in [0.1, 0.15) is 5.00 Å². The molecule has 0 aromatic carbocycles. The number of methoxy groups -OCH3 is 1. The predicted molar refractivity (Wildman–Crippen MR) is 91.5 cm³/mol. The van der Waals surface area contributed by atoms with Gasteiger partial charge in [0.15, 0.2) is 5.11 Å². The fraction of sp³-hybridized carbons (Fsp3) is 0.357. The Bertz CT molecular complexity index is 637. The number of ether oxygens (including phenoxy) is 1. The van der Waals surface area contributed by atoms with Gasteiger partial charge in [-0.2, -0.15) is 5.10 Å². The van der Waals surface area contributed by atoms with E-state index in [-0.39, 0.29) is 5.97 Å². The van der Waals surface area contributed by atoms with Gasteiger partial charge < -0.3 is 15.4 Å². The van der Waals surface area contributed by atoms with Gasteiger partial charge in [0.05, 0.1) is 12.7 Å². The fourth-order valence-electron chi connectivity index (χ4n) is 1.89. The van der Waals surface area contributed by atoms with Gasteiger partial charge in [0, 0.05) is 30.4 Å². The Labute approximate surface area is 138 Å². The summed E-state index contributed by atoms with van der Waals surface area (Å²) in [4.78, 5) is 12.7. The first-order valence-electron chi connectivity index (χ1n) is 6.81. The van der Waals surface area contributed by atoms with Crippen LogP contribution in [0, 0.1) is 6.92 Å². The third-order valence-electron chi connectivity index (χ3n) is 2.90. The molecule has 2 N–H and O–H groups in total. The molecule has 0 bridgehead atoms. The lowest BCUT2D eigenvalue weighted by Crippen LogP contribution is -2.30. The second kappa shape index (κ2) is 7.90. The van der Waals surface area contributed by atoms with E-state index in [1.54, 1.807) is 12.3 Å². The van der Waals surface area contributed by atoms with Gasteiger partial charge in [-0.25, -0.2) is 4.79 Å². The van der Waals surface area contributed by atoms with Crippen LogP contribution in [0.5, 0.6) is 0 Å². The molecule has 0 amide bonds. The van der Waals surface area contributed by atoms with Crippen LogP contribution in [0.4, 0.5) is 5.00 Å². The van der Waals surface area contributed by atoms with Crippen LogP contribution in [0.1, 0.15) is 21.7 Å². The number of thiocarbonyl (C=S) groups is 1. The summed E-state index contributed by atoms with van der Waals surface area (Å²) in [6, 6.07) is 3.69. The molecule has 0 saturated carbocycles. The van der Waals surface area contributed by atoms with Gasteiger partial charge >= 0.3 is 5.97 Å². The van der Waals surface area contributed by atoms with Crippen molar-refractivity contribution in [1.82, 2.24) is 15.1 Å². The second-order valence-corrected chi connectivity index (χ2v) is 6.26. The zero-order chi connectivity index (χ0) is 15.9. The standard InChI is InChI=1S/C14H18N4O2S2/c1-10-9-11(13(19)20-2)12(22-10)17-14(21)15-5-3-7-18-8-4-6-16-18/h4,6,8-9H,3,5,7H2,1-2H3,(H2,15,17,21). The number of rotatable bonds is 6. The Hall–Kier alpha value is -1.93. The molecule has 22 heavy (non-hydrogen) atoms. The molecule has 2 heterocycles. The minimum atomic E-state index is -0.367. The van der Waals surface area contributed by atoms with Crippen molar-refractivity contribution in [2.24, 2.45) is 0 Å². The molecular weight excluding hydrogens is 320 g/mol. The summed E-state index contributed by atoms with van der Waals surface area (Å²) < 4.78 is 6.64. The summed E-state index contributed by atoms with van der Waals surface area (Å²) in [5.41, 5.74) is 0.505. The SMILES string of the molecule is COC(=O)c1cc(C)sc1NC(=S)NCCCn1cccn1. The Morgan fingerprint density at radius 1 is 1.55 bits per heavy atom. The maximum absolute atomic E-state index is 11.7. The van der Waals surface area contributed by atoms with E-state index in [0.29, 0.717) is 15.7 Å². The molecule has 0 fully saturated rings. The molecule has 6 nitrogen and oxygen atoms in total. The van der Waals surface area contributed by atoms with E-state index in [9.17, 15) is 4.79 Å². The highest BCUT2D eigenvalue weighted by atomic mass is 32.1. The van der Waals surface area contributed by atoms with Crippen LogP contribution in [0.15, 0.2) is 24.5 Å². The first kappa shape index (κ1) is 16.4. The number of nitrogens with zero attached hydrogens (tertiary/aromatic N) is 2. The zero-order valence-corrected chi connectivity index (χ0v) is 14.1. The average molecular weight is 338 g/mol. The predicted octanol–water partition coefficient (Wildman–Crippen LogP) is 2.42. The average Bonchev–Trinajstić information content (AvgIpc) is 3.12. The van der Waals surface area contributed by atoms with Gasteiger partial charge in [0.2, 0.25) is 0 Å². The first-order chi connectivity index (χ1) is 10.6. The summed E-state index contributed by atoms with van der Waals surface area (Å²) in [6.07, 6.45) is 4.58. The van der Waals surface area contributed by atoms with E-state index < -0.39 is 0 Å². The highest BCUT2D eigenvalue weighted by molar-refractivity contribution is 7.80. The minimum Gasteiger partial charge on any atom is -0.465 e. The van der Waals surface area contributed by atoms with Crippen molar-refractivity contribution in [3.05, 3.63) is 35.0 Å². The largest absolute Gasteiger partial charge is 0.465 e. The van der Waals surface area contributed by atoms with Crippen molar-refractivity contribution in [2.45, 2.75) is 19.9 Å². The molecule has 0 atom stereocenters. The van der Waals surface area contributed by atoms with Crippen LogP contribution in [-0.2, 0) is 11.3 Å². The number of aryl methyl sites for hydroxylation is 2. The van der Waals surface area contributed by atoms with Crippen molar-refractivity contribution in [2.75, 3.05) is 19.0 Å². The molecule has 0 radical (unpaired) electrons. The van der Waals surface area contributed by atoms with Crippen molar-refractivity contribution in [1.29, 1.82) is 0 Å². The highest BCUT2D eigenvalue weighted by Gasteiger charge is 2.16. The second-order valence-electron chi connectivity index (χ2n) is 4.60. The lowest BCUT2D eigenvalue weighted by molar-refractivity contribution is 0.0602. The smallest absolute Gasteiger partial charge is 0.340 e. The molecule has 8 heteroatoms. The molecular formula is C14H18N4O2S2. The molecule has 2 aromatic rings. The van der Waals surface area contributed by atoms with E-state index >= 15 is 0 Å². The van der Waals surface area contributed by atoms with Crippen molar-refractivity contribution >= 4 is 39.6 Å². The third-order valence-corrected chi connectivity index (χ3v) is 4.11. The normalized spacial score (nSPS) is 10.3. The number of nitrogens with one attached hydrogen (secondary N) is 2. The van der Waals surface area contributed by atoms with Crippen LogP contribution >= 0.6 is 23.6 Å². The fourth-order valence-corrected chi connectivity index (χ4v) is 3.06. The summed E-state index contributed by atoms with van der Waals surface area (Å²) in [5, 5.41) is 11.5. The van der Waals surface area contributed by atoms with Crippen LogP contribution in [0.2, 0.25) is 0 Å². The van der Waals surface area contributed by atoms with E-state index in [2.05, 4.69) is 15.7 Å². The van der Waals surface area contributed by atoms with Gasteiger partial charge in [0.25, 0.3) is 0 Å². The topological polar surface area (TPSA) is 68.2 Å². The number of hydrogen-bond donors (Lipinski definition) is 2. The molecule has 2 rings (SSSR count). The number of thiophene rings is 1. The molecule has 0 saturated heterocycles. The highest BCUT2D eigenvalue weighted by Crippen LogP contribution is 2.28. The lowest BCUT2D eigenvalue weighted by Gasteiger charge is -2.10. The maximum atomic E-state index is 11.7. The van der Waals surface area contributed by atoms with Gasteiger partial charge in [-0.3, -0.25) is 4.68 Å². The number of anilines is 1. The van der Waals surface area contributed by atoms with Crippen LogP contribution in [0.25, 0.3) is 0 Å². The Morgan fingerprint density at radius 2 is 2.36 bits per heavy atom. The van der Waals surface area contributed by atoms with Gasteiger partial charge in [-0.1, -0.05) is 0 Å². The number of esters is 1. The quantitative estimate of drug-likeness (QED) is 0.479. The number of aromatic nitrogens is 2. The van der Waals surface area contributed by atoms with Crippen molar-refractivity contribution in [3.63, 3.8) is 0 Å². The Balaban J connectivity index is 1.80. The molecule has 2 aromatic heterocycles. The Kier molecular flexibility index (Phi) is 5.91. The molecule has 0 aliphatic carbocycles. The molecule has 0 spiro atoms.